The van der Waals surface area contributed by atoms with Crippen LogP contribution in [0.2, 0.25) is 0 Å². The third-order valence-corrected chi connectivity index (χ3v) is 5.91. The Labute approximate surface area is 202 Å². The highest BCUT2D eigenvalue weighted by Gasteiger charge is 2.17. The molecule has 1 N–H and O–H groups in total. The molecule has 1 heterocycles. The number of rotatable bonds is 9. The lowest BCUT2D eigenvalue weighted by Gasteiger charge is -2.10. The van der Waals surface area contributed by atoms with Crippen LogP contribution in [0.15, 0.2) is 41.5 Å². The zero-order chi connectivity index (χ0) is 24.7. The van der Waals surface area contributed by atoms with Gasteiger partial charge in [-0.2, -0.15) is 10.4 Å². The average molecular weight is 479 g/mol. The van der Waals surface area contributed by atoms with Crippen molar-refractivity contribution >= 4 is 23.5 Å². The SMILES string of the molecule is COc1ccc(/C=N/NC(=O)c2sc(-c3ccc(OCC(C)C)c(C#N)c3)nc2C)cc1OC. The fraction of sp³-hybridized carbons (Fsp3) is 0.280. The number of ether oxygens (including phenoxy) is 3. The van der Waals surface area contributed by atoms with Gasteiger partial charge in [0.2, 0.25) is 0 Å². The Kier molecular flexibility index (Phi) is 8.22. The van der Waals surface area contributed by atoms with Gasteiger partial charge < -0.3 is 14.2 Å². The molecule has 1 aromatic heterocycles. The molecule has 0 radical (unpaired) electrons. The summed E-state index contributed by atoms with van der Waals surface area (Å²) in [7, 11) is 3.12. The molecule has 34 heavy (non-hydrogen) atoms. The average Bonchev–Trinajstić information content (AvgIpc) is 3.23. The van der Waals surface area contributed by atoms with Gasteiger partial charge in [-0.15, -0.1) is 11.3 Å². The highest BCUT2D eigenvalue weighted by Crippen LogP contribution is 2.31. The smallest absolute Gasteiger partial charge is 0.283 e. The fourth-order valence-corrected chi connectivity index (χ4v) is 3.97. The normalized spacial score (nSPS) is 10.9. The summed E-state index contributed by atoms with van der Waals surface area (Å²) in [6.45, 7) is 6.38. The Morgan fingerprint density at radius 2 is 1.91 bits per heavy atom. The summed E-state index contributed by atoms with van der Waals surface area (Å²) < 4.78 is 16.2. The van der Waals surface area contributed by atoms with Crippen LogP contribution < -0.4 is 19.6 Å². The number of nitrogens with one attached hydrogen (secondary N) is 1. The van der Waals surface area contributed by atoms with Gasteiger partial charge in [0, 0.05) is 5.56 Å². The molecule has 1 amide bonds. The predicted molar refractivity (Wildman–Crippen MR) is 132 cm³/mol. The minimum Gasteiger partial charge on any atom is -0.493 e. The molecule has 8 nitrogen and oxygen atoms in total. The molecule has 176 valence electrons. The number of benzene rings is 2. The first-order valence-electron chi connectivity index (χ1n) is 10.6. The van der Waals surface area contributed by atoms with Gasteiger partial charge >= 0.3 is 0 Å². The van der Waals surface area contributed by atoms with Crippen molar-refractivity contribution in [3.63, 3.8) is 0 Å². The van der Waals surface area contributed by atoms with E-state index in [1.165, 1.54) is 17.6 Å². The van der Waals surface area contributed by atoms with Crippen LogP contribution in [0.5, 0.6) is 17.2 Å². The second-order valence-corrected chi connectivity index (χ2v) is 8.77. The largest absolute Gasteiger partial charge is 0.493 e. The van der Waals surface area contributed by atoms with Crippen molar-refractivity contribution in [2.24, 2.45) is 11.0 Å². The van der Waals surface area contributed by atoms with Gasteiger partial charge in [-0.1, -0.05) is 13.8 Å². The maximum Gasteiger partial charge on any atom is 0.283 e. The third kappa shape index (κ3) is 5.91. The molecular formula is C25H26N4O4S. The van der Waals surface area contributed by atoms with Crippen molar-refractivity contribution in [1.82, 2.24) is 10.4 Å². The van der Waals surface area contributed by atoms with Gasteiger partial charge in [-0.05, 0) is 54.8 Å². The first-order valence-corrected chi connectivity index (χ1v) is 11.4. The minimum absolute atomic E-state index is 0.350. The molecule has 0 fully saturated rings. The van der Waals surface area contributed by atoms with Crippen molar-refractivity contribution in [1.29, 1.82) is 5.26 Å². The number of carbonyl (C=O) groups excluding carboxylic acids is 1. The number of nitriles is 1. The van der Waals surface area contributed by atoms with Crippen molar-refractivity contribution in [2.75, 3.05) is 20.8 Å². The molecule has 0 saturated carbocycles. The van der Waals surface area contributed by atoms with E-state index in [2.05, 4.69) is 21.6 Å². The van der Waals surface area contributed by atoms with Crippen LogP contribution >= 0.6 is 11.3 Å². The van der Waals surface area contributed by atoms with E-state index in [1.54, 1.807) is 51.5 Å². The summed E-state index contributed by atoms with van der Waals surface area (Å²) in [5.41, 5.74) is 5.03. The van der Waals surface area contributed by atoms with E-state index in [-0.39, 0.29) is 5.91 Å². The summed E-state index contributed by atoms with van der Waals surface area (Å²) in [6, 6.07) is 12.8. The Balaban J connectivity index is 1.74. The second kappa shape index (κ2) is 11.3. The standard InChI is InChI=1S/C25H26N4O4S/c1-15(2)14-33-20-9-7-18(11-19(20)12-26)25-28-16(3)23(34-25)24(30)29-27-13-17-6-8-21(31-4)22(10-17)32-5/h6-11,13,15H,14H2,1-5H3,(H,29,30)/b27-13+. The lowest BCUT2D eigenvalue weighted by Crippen LogP contribution is -2.17. The molecule has 0 aliphatic carbocycles. The van der Waals surface area contributed by atoms with Gasteiger partial charge in [-0.3, -0.25) is 4.79 Å². The molecule has 0 unspecified atom stereocenters. The quantitative estimate of drug-likeness (QED) is 0.350. The van der Waals surface area contributed by atoms with Crippen LogP contribution in [0.25, 0.3) is 10.6 Å². The highest BCUT2D eigenvalue weighted by atomic mass is 32.1. The number of methoxy groups -OCH3 is 2. The van der Waals surface area contributed by atoms with Gasteiger partial charge in [0.25, 0.3) is 5.91 Å². The van der Waals surface area contributed by atoms with Gasteiger partial charge in [0.15, 0.2) is 11.5 Å². The van der Waals surface area contributed by atoms with Crippen LogP contribution in [0.3, 0.4) is 0 Å². The number of amides is 1. The van der Waals surface area contributed by atoms with Crippen LogP contribution in [-0.4, -0.2) is 37.9 Å². The summed E-state index contributed by atoms with van der Waals surface area (Å²) in [4.78, 5) is 17.6. The monoisotopic (exact) mass is 478 g/mol. The van der Waals surface area contributed by atoms with Crippen molar-refractivity contribution in [3.8, 4) is 33.9 Å². The van der Waals surface area contributed by atoms with Crippen LogP contribution in [0, 0.1) is 24.2 Å². The maximum atomic E-state index is 12.7. The molecule has 3 rings (SSSR count). The molecule has 0 saturated heterocycles. The number of thiazole rings is 1. The first kappa shape index (κ1) is 24.7. The summed E-state index contributed by atoms with van der Waals surface area (Å²) in [6.07, 6.45) is 1.52. The molecule has 9 heteroatoms. The predicted octanol–water partition coefficient (Wildman–Crippen LogP) is 4.81. The molecule has 0 aliphatic heterocycles. The van der Waals surface area contributed by atoms with E-state index in [0.29, 0.717) is 50.9 Å². The lowest BCUT2D eigenvalue weighted by atomic mass is 10.1. The third-order valence-electron chi connectivity index (χ3n) is 4.71. The molecule has 0 atom stereocenters. The molecule has 0 bridgehead atoms. The Morgan fingerprint density at radius 1 is 1.18 bits per heavy atom. The molecular weight excluding hydrogens is 452 g/mol. The summed E-state index contributed by atoms with van der Waals surface area (Å²) >= 11 is 1.24. The zero-order valence-electron chi connectivity index (χ0n) is 19.7. The number of carbonyl (C=O) groups is 1. The van der Waals surface area contributed by atoms with Crippen molar-refractivity contribution < 1.29 is 19.0 Å². The number of aryl methyl sites for hydroxylation is 1. The van der Waals surface area contributed by atoms with Crippen LogP contribution in [-0.2, 0) is 0 Å². The highest BCUT2D eigenvalue weighted by molar-refractivity contribution is 7.17. The van der Waals surface area contributed by atoms with E-state index < -0.39 is 0 Å². The Bertz CT molecular complexity index is 1240. The van der Waals surface area contributed by atoms with Gasteiger partial charge in [0.1, 0.15) is 21.7 Å². The number of nitrogens with zero attached hydrogens (tertiary/aromatic N) is 3. The minimum atomic E-state index is -0.365. The first-order chi connectivity index (χ1) is 16.4. The summed E-state index contributed by atoms with van der Waals surface area (Å²) in [5, 5.41) is 14.2. The lowest BCUT2D eigenvalue weighted by molar-refractivity contribution is 0.0958. The molecule has 3 aromatic rings. The number of aromatic nitrogens is 1. The molecule has 0 spiro atoms. The van der Waals surface area contributed by atoms with E-state index in [9.17, 15) is 10.1 Å². The van der Waals surface area contributed by atoms with E-state index in [1.807, 2.05) is 19.9 Å². The topological polar surface area (TPSA) is 106 Å². The second-order valence-electron chi connectivity index (χ2n) is 7.77. The number of hydrazone groups is 1. The van der Waals surface area contributed by atoms with Crippen LogP contribution in [0.1, 0.15) is 40.3 Å². The van der Waals surface area contributed by atoms with Crippen molar-refractivity contribution in [3.05, 3.63) is 58.1 Å². The molecule has 0 aliphatic rings. The maximum absolute atomic E-state index is 12.7. The van der Waals surface area contributed by atoms with Crippen molar-refractivity contribution in [2.45, 2.75) is 20.8 Å². The van der Waals surface area contributed by atoms with E-state index >= 15 is 0 Å². The number of hydrogen-bond donors (Lipinski definition) is 1. The molecule has 2 aromatic carbocycles. The number of hydrogen-bond acceptors (Lipinski definition) is 8. The van der Waals surface area contributed by atoms with Gasteiger partial charge in [-0.25, -0.2) is 10.4 Å². The van der Waals surface area contributed by atoms with Gasteiger partial charge in [0.05, 0.1) is 38.3 Å². The zero-order valence-corrected chi connectivity index (χ0v) is 20.5. The Morgan fingerprint density at radius 3 is 2.59 bits per heavy atom. The van der Waals surface area contributed by atoms with E-state index in [0.717, 1.165) is 11.1 Å². The Hall–Kier alpha value is -3.90. The summed E-state index contributed by atoms with van der Waals surface area (Å²) in [5.74, 6) is 1.70. The van der Waals surface area contributed by atoms with Crippen LogP contribution in [0.4, 0.5) is 0 Å². The fourth-order valence-electron chi connectivity index (χ4n) is 3.01. The van der Waals surface area contributed by atoms with E-state index in [4.69, 9.17) is 14.2 Å².